The molecule has 0 saturated heterocycles. The van der Waals surface area contributed by atoms with Crippen molar-refractivity contribution in [3.8, 4) is 11.5 Å². The van der Waals surface area contributed by atoms with Crippen molar-refractivity contribution in [1.29, 1.82) is 0 Å². The topological polar surface area (TPSA) is 35.2 Å². The number of ether oxygens (including phenoxy) is 1. The minimum Gasteiger partial charge on any atom is -0.454 e. The molecule has 0 radical (unpaired) electrons. The first kappa shape index (κ1) is 17.8. The minimum absolute atomic E-state index is 0. The van der Waals surface area contributed by atoms with Crippen LogP contribution in [0.4, 0.5) is 18.9 Å². The van der Waals surface area contributed by atoms with E-state index in [-0.39, 0.29) is 34.6 Å². The van der Waals surface area contributed by atoms with Gasteiger partial charge in [-0.15, -0.1) is 12.4 Å². The second kappa shape index (κ2) is 6.64. The molecular weight excluding hydrogens is 350 g/mol. The van der Waals surface area contributed by atoms with E-state index in [1.165, 1.54) is 12.1 Å². The van der Waals surface area contributed by atoms with Crippen LogP contribution >= 0.6 is 35.6 Å². The zero-order valence-electron chi connectivity index (χ0n) is 10.2. The molecule has 0 heterocycles. The predicted octanol–water partition coefficient (Wildman–Crippen LogP) is 5.81. The van der Waals surface area contributed by atoms with Crippen LogP contribution in [0.15, 0.2) is 36.4 Å². The van der Waals surface area contributed by atoms with Crippen molar-refractivity contribution < 1.29 is 17.9 Å². The third kappa shape index (κ3) is 4.33. The fourth-order valence-corrected chi connectivity index (χ4v) is 1.94. The lowest BCUT2D eigenvalue weighted by atomic mass is 10.2. The molecule has 0 atom stereocenters. The minimum atomic E-state index is -4.45. The summed E-state index contributed by atoms with van der Waals surface area (Å²) in [4.78, 5) is 0. The average molecular weight is 359 g/mol. The van der Waals surface area contributed by atoms with E-state index in [9.17, 15) is 13.2 Å². The molecule has 2 nitrogen and oxygen atoms in total. The number of anilines is 1. The number of hydrogen-bond donors (Lipinski definition) is 1. The van der Waals surface area contributed by atoms with E-state index in [2.05, 4.69) is 0 Å². The van der Waals surface area contributed by atoms with Gasteiger partial charge in [0, 0.05) is 5.02 Å². The Balaban J connectivity index is 0.00000220. The number of benzene rings is 2. The smallest absolute Gasteiger partial charge is 0.416 e. The number of halogens is 6. The first-order chi connectivity index (χ1) is 9.27. The Morgan fingerprint density at radius 2 is 1.57 bits per heavy atom. The monoisotopic (exact) mass is 357 g/mol. The van der Waals surface area contributed by atoms with Crippen molar-refractivity contribution >= 4 is 41.3 Å². The Hall–Kier alpha value is -1.30. The Morgan fingerprint density at radius 3 is 2.10 bits per heavy atom. The zero-order valence-corrected chi connectivity index (χ0v) is 12.6. The molecule has 0 bridgehead atoms. The number of rotatable bonds is 2. The summed E-state index contributed by atoms with van der Waals surface area (Å²) in [6, 6.07) is 7.33. The van der Waals surface area contributed by atoms with Crippen LogP contribution < -0.4 is 10.5 Å². The van der Waals surface area contributed by atoms with Crippen molar-refractivity contribution in [2.45, 2.75) is 6.18 Å². The molecule has 0 unspecified atom stereocenters. The van der Waals surface area contributed by atoms with E-state index in [0.29, 0.717) is 5.02 Å². The second-order valence-corrected chi connectivity index (χ2v) is 4.77. The highest BCUT2D eigenvalue weighted by molar-refractivity contribution is 6.35. The quantitative estimate of drug-likeness (QED) is 0.688. The summed E-state index contributed by atoms with van der Waals surface area (Å²) in [6.07, 6.45) is -4.45. The highest BCUT2D eigenvalue weighted by Crippen LogP contribution is 2.37. The molecule has 0 aliphatic carbocycles. The van der Waals surface area contributed by atoms with Crippen molar-refractivity contribution in [2.75, 3.05) is 5.73 Å². The molecule has 0 aliphatic rings. The van der Waals surface area contributed by atoms with Crippen LogP contribution in [-0.2, 0) is 6.18 Å². The van der Waals surface area contributed by atoms with Gasteiger partial charge in [-0.1, -0.05) is 23.2 Å². The van der Waals surface area contributed by atoms with Gasteiger partial charge in [-0.05, 0) is 36.4 Å². The summed E-state index contributed by atoms with van der Waals surface area (Å²) in [6.45, 7) is 0. The third-order valence-corrected chi connectivity index (χ3v) is 2.98. The molecule has 2 N–H and O–H groups in total. The molecule has 114 valence electrons. The summed E-state index contributed by atoms with van der Waals surface area (Å²) >= 11 is 11.6. The van der Waals surface area contributed by atoms with E-state index in [4.69, 9.17) is 33.7 Å². The lowest BCUT2D eigenvalue weighted by molar-refractivity contribution is -0.137. The van der Waals surface area contributed by atoms with Crippen LogP contribution in [0, 0.1) is 0 Å². The van der Waals surface area contributed by atoms with E-state index < -0.39 is 11.7 Å². The van der Waals surface area contributed by atoms with Gasteiger partial charge in [0.15, 0.2) is 0 Å². The molecule has 0 aromatic heterocycles. The number of hydrogen-bond acceptors (Lipinski definition) is 2. The zero-order chi connectivity index (χ0) is 14.9. The van der Waals surface area contributed by atoms with E-state index in [1.54, 1.807) is 6.07 Å². The Labute approximate surface area is 135 Å². The van der Waals surface area contributed by atoms with E-state index in [1.807, 2.05) is 0 Å². The molecule has 8 heteroatoms. The van der Waals surface area contributed by atoms with Crippen molar-refractivity contribution in [3.05, 3.63) is 52.0 Å². The largest absolute Gasteiger partial charge is 0.454 e. The van der Waals surface area contributed by atoms with Gasteiger partial charge in [-0.2, -0.15) is 13.2 Å². The third-order valence-electron chi connectivity index (χ3n) is 2.45. The van der Waals surface area contributed by atoms with Gasteiger partial charge < -0.3 is 10.5 Å². The van der Waals surface area contributed by atoms with Crippen LogP contribution in [0.5, 0.6) is 11.5 Å². The lowest BCUT2D eigenvalue weighted by Crippen LogP contribution is -2.06. The number of nitrogens with two attached hydrogens (primary N) is 1. The predicted molar refractivity (Wildman–Crippen MR) is 79.6 cm³/mol. The van der Waals surface area contributed by atoms with Crippen LogP contribution in [-0.4, -0.2) is 0 Å². The van der Waals surface area contributed by atoms with Crippen LogP contribution in [0.25, 0.3) is 0 Å². The maximum Gasteiger partial charge on any atom is 0.416 e. The molecular formula is C13H9Cl3F3NO. The Morgan fingerprint density at radius 1 is 0.952 bits per heavy atom. The Bertz CT molecular complexity index is 647. The van der Waals surface area contributed by atoms with Gasteiger partial charge in [-0.3, -0.25) is 0 Å². The van der Waals surface area contributed by atoms with Crippen molar-refractivity contribution in [1.82, 2.24) is 0 Å². The van der Waals surface area contributed by atoms with Crippen molar-refractivity contribution in [2.24, 2.45) is 0 Å². The van der Waals surface area contributed by atoms with Gasteiger partial charge in [0.1, 0.15) is 11.5 Å². The lowest BCUT2D eigenvalue weighted by Gasteiger charge is -2.12. The van der Waals surface area contributed by atoms with E-state index >= 15 is 0 Å². The summed E-state index contributed by atoms with van der Waals surface area (Å²) in [7, 11) is 0. The maximum atomic E-state index is 12.5. The fraction of sp³-hybridized carbons (Fsp3) is 0.0769. The standard InChI is InChI=1S/C13H8Cl2F3NO.ClH/c14-8-2-4-11(9(15)6-8)20-12-3-1-7(5-10(12)19)13(16,17)18;/h1-6H,19H2;1H. The van der Waals surface area contributed by atoms with E-state index in [0.717, 1.165) is 18.2 Å². The maximum absolute atomic E-state index is 12.5. The number of alkyl halides is 3. The molecule has 0 spiro atoms. The van der Waals surface area contributed by atoms with Gasteiger partial charge in [0.25, 0.3) is 0 Å². The summed E-state index contributed by atoms with van der Waals surface area (Å²) in [5, 5.41) is 0.652. The fourth-order valence-electron chi connectivity index (χ4n) is 1.49. The van der Waals surface area contributed by atoms with Gasteiger partial charge in [0.2, 0.25) is 0 Å². The molecule has 0 fully saturated rings. The van der Waals surface area contributed by atoms with Crippen molar-refractivity contribution in [3.63, 3.8) is 0 Å². The average Bonchev–Trinajstić information content (AvgIpc) is 2.33. The molecule has 0 saturated carbocycles. The molecule has 21 heavy (non-hydrogen) atoms. The first-order valence-electron chi connectivity index (χ1n) is 5.37. The second-order valence-electron chi connectivity index (χ2n) is 3.93. The highest BCUT2D eigenvalue weighted by atomic mass is 35.5. The molecule has 2 rings (SSSR count). The molecule has 0 amide bonds. The first-order valence-corrected chi connectivity index (χ1v) is 6.12. The van der Waals surface area contributed by atoms with Crippen LogP contribution in [0.2, 0.25) is 10.0 Å². The number of nitrogen functional groups attached to an aromatic ring is 1. The summed E-state index contributed by atoms with van der Waals surface area (Å²) in [5.41, 5.74) is 4.58. The molecule has 0 aliphatic heterocycles. The van der Waals surface area contributed by atoms with Gasteiger partial charge >= 0.3 is 6.18 Å². The summed E-state index contributed by atoms with van der Waals surface area (Å²) < 4.78 is 42.9. The van der Waals surface area contributed by atoms with Gasteiger partial charge in [0.05, 0.1) is 16.3 Å². The SMILES string of the molecule is Cl.Nc1cc(C(F)(F)F)ccc1Oc1ccc(Cl)cc1Cl. The van der Waals surface area contributed by atoms with Crippen LogP contribution in [0.3, 0.4) is 0 Å². The van der Waals surface area contributed by atoms with Crippen LogP contribution in [0.1, 0.15) is 5.56 Å². The summed E-state index contributed by atoms with van der Waals surface area (Å²) in [5.74, 6) is 0.338. The molecule has 2 aromatic rings. The van der Waals surface area contributed by atoms with Gasteiger partial charge in [-0.25, -0.2) is 0 Å². The normalized spacial score (nSPS) is 10.9. The Kier molecular flexibility index (Phi) is 5.61. The molecule has 2 aromatic carbocycles. The highest BCUT2D eigenvalue weighted by Gasteiger charge is 2.31.